The SMILES string of the molecule is CC(C)=CCC12C[C@H]3C(C)(C)[C@H](C(C)(C)N=O)C[C@]3(C1=O)C(O)=C(C(=O)CC(C)C)C2=O. The molecule has 0 heterocycles. The van der Waals surface area contributed by atoms with E-state index >= 15 is 0 Å². The highest BCUT2D eigenvalue weighted by Gasteiger charge is 2.78. The Hall–Kier alpha value is -2.11. The summed E-state index contributed by atoms with van der Waals surface area (Å²) in [5.74, 6) is -2.18. The van der Waals surface area contributed by atoms with Crippen LogP contribution < -0.4 is 0 Å². The van der Waals surface area contributed by atoms with Gasteiger partial charge in [0.15, 0.2) is 17.3 Å². The second kappa shape index (κ2) is 7.46. The van der Waals surface area contributed by atoms with E-state index in [1.165, 1.54) is 0 Å². The second-order valence-corrected chi connectivity index (χ2v) is 12.0. The fourth-order valence-corrected chi connectivity index (χ4v) is 6.90. The number of ketones is 3. The van der Waals surface area contributed by atoms with Gasteiger partial charge in [-0.15, -0.1) is 0 Å². The Morgan fingerprint density at radius 1 is 1.22 bits per heavy atom. The van der Waals surface area contributed by atoms with E-state index in [-0.39, 0.29) is 60.6 Å². The topological polar surface area (TPSA) is 101 Å². The molecule has 2 bridgehead atoms. The van der Waals surface area contributed by atoms with Crippen LogP contribution in [0.3, 0.4) is 0 Å². The number of Topliss-reactive ketones (excluding diaryl/α,β-unsaturated/α-hetero) is 3. The molecule has 3 aliphatic rings. The van der Waals surface area contributed by atoms with Crippen molar-refractivity contribution in [1.82, 2.24) is 0 Å². The smallest absolute Gasteiger partial charge is 0.183 e. The Balaban J connectivity index is 2.29. The first-order valence-electron chi connectivity index (χ1n) is 11.6. The molecule has 32 heavy (non-hydrogen) atoms. The molecule has 0 amide bonds. The number of carbonyl (C=O) groups excluding carboxylic acids is 3. The second-order valence-electron chi connectivity index (χ2n) is 12.0. The van der Waals surface area contributed by atoms with Gasteiger partial charge in [-0.05, 0) is 70.1 Å². The van der Waals surface area contributed by atoms with Gasteiger partial charge in [-0.2, -0.15) is 4.91 Å². The lowest BCUT2D eigenvalue weighted by molar-refractivity contribution is -0.143. The quantitative estimate of drug-likeness (QED) is 0.242. The van der Waals surface area contributed by atoms with E-state index in [2.05, 4.69) is 5.18 Å². The van der Waals surface area contributed by atoms with Crippen LogP contribution in [0.2, 0.25) is 0 Å². The van der Waals surface area contributed by atoms with E-state index in [1.807, 2.05) is 47.6 Å². The summed E-state index contributed by atoms with van der Waals surface area (Å²) < 4.78 is 0. The highest BCUT2D eigenvalue weighted by Crippen LogP contribution is 2.74. The molecule has 2 saturated carbocycles. The van der Waals surface area contributed by atoms with E-state index < -0.39 is 33.4 Å². The largest absolute Gasteiger partial charge is 0.510 e. The molecule has 6 nitrogen and oxygen atoms in total. The highest BCUT2D eigenvalue weighted by molar-refractivity contribution is 6.32. The van der Waals surface area contributed by atoms with Crippen LogP contribution in [0.25, 0.3) is 0 Å². The lowest BCUT2D eigenvalue weighted by atomic mass is 9.62. The number of nitrogens with zero attached hydrogens (tertiary/aromatic N) is 1. The maximum Gasteiger partial charge on any atom is 0.183 e. The maximum atomic E-state index is 14.1. The minimum absolute atomic E-state index is 0.0128. The molecule has 0 aromatic carbocycles. The first kappa shape index (κ1) is 24.5. The molecule has 0 aromatic rings. The van der Waals surface area contributed by atoms with Gasteiger partial charge in [0.25, 0.3) is 0 Å². The summed E-state index contributed by atoms with van der Waals surface area (Å²) in [5.41, 5.74) is -3.34. The molecule has 3 rings (SSSR count). The summed E-state index contributed by atoms with van der Waals surface area (Å²) in [5, 5.41) is 14.9. The van der Waals surface area contributed by atoms with Crippen LogP contribution >= 0.6 is 0 Å². The number of hydrogen-bond donors (Lipinski definition) is 1. The summed E-state index contributed by atoms with van der Waals surface area (Å²) in [6, 6.07) is 0. The minimum Gasteiger partial charge on any atom is -0.510 e. The number of aliphatic hydroxyl groups excluding tert-OH is 1. The van der Waals surface area contributed by atoms with Crippen molar-refractivity contribution in [3.05, 3.63) is 27.9 Å². The summed E-state index contributed by atoms with van der Waals surface area (Å²) in [6.07, 6.45) is 2.74. The number of hydrogen-bond acceptors (Lipinski definition) is 6. The molecule has 4 atom stereocenters. The summed E-state index contributed by atoms with van der Waals surface area (Å²) in [4.78, 5) is 52.8. The van der Waals surface area contributed by atoms with E-state index in [9.17, 15) is 24.4 Å². The Labute approximate surface area is 190 Å². The van der Waals surface area contributed by atoms with Gasteiger partial charge < -0.3 is 5.11 Å². The summed E-state index contributed by atoms with van der Waals surface area (Å²) >= 11 is 0. The summed E-state index contributed by atoms with van der Waals surface area (Å²) in [6.45, 7) is 15.1. The van der Waals surface area contributed by atoms with Crippen molar-refractivity contribution in [3.8, 4) is 0 Å². The van der Waals surface area contributed by atoms with Gasteiger partial charge in [-0.3, -0.25) is 14.4 Å². The molecule has 1 N–H and O–H groups in total. The minimum atomic E-state index is -1.34. The fourth-order valence-electron chi connectivity index (χ4n) is 6.90. The molecule has 0 radical (unpaired) electrons. The van der Waals surface area contributed by atoms with Crippen LogP contribution in [0, 0.1) is 38.9 Å². The van der Waals surface area contributed by atoms with Gasteiger partial charge in [0.05, 0.1) is 10.8 Å². The van der Waals surface area contributed by atoms with Gasteiger partial charge >= 0.3 is 0 Å². The van der Waals surface area contributed by atoms with Crippen molar-refractivity contribution in [1.29, 1.82) is 0 Å². The number of carbonyl (C=O) groups is 3. The van der Waals surface area contributed by atoms with Crippen LogP contribution in [0.15, 0.2) is 28.2 Å². The lowest BCUT2D eigenvalue weighted by Crippen LogP contribution is -2.49. The molecule has 0 saturated heterocycles. The molecule has 2 fully saturated rings. The van der Waals surface area contributed by atoms with Crippen molar-refractivity contribution < 1.29 is 19.5 Å². The van der Waals surface area contributed by atoms with Crippen LogP contribution in [-0.4, -0.2) is 28.0 Å². The van der Waals surface area contributed by atoms with Gasteiger partial charge in [0.1, 0.15) is 16.9 Å². The predicted octanol–water partition coefficient (Wildman–Crippen LogP) is 5.51. The third-order valence-corrected chi connectivity index (χ3v) is 8.45. The zero-order valence-electron chi connectivity index (χ0n) is 20.7. The molecule has 0 aliphatic heterocycles. The maximum absolute atomic E-state index is 14.1. The van der Waals surface area contributed by atoms with Gasteiger partial charge in [-0.25, -0.2) is 0 Å². The summed E-state index contributed by atoms with van der Waals surface area (Å²) in [7, 11) is 0. The third-order valence-electron chi connectivity index (χ3n) is 8.45. The van der Waals surface area contributed by atoms with Crippen LogP contribution in [-0.2, 0) is 14.4 Å². The van der Waals surface area contributed by atoms with Crippen molar-refractivity contribution >= 4 is 17.3 Å². The lowest BCUT2D eigenvalue weighted by Gasteiger charge is -2.40. The van der Waals surface area contributed by atoms with E-state index in [0.717, 1.165) is 5.57 Å². The number of rotatable bonds is 7. The Morgan fingerprint density at radius 3 is 2.31 bits per heavy atom. The standard InChI is InChI=1S/C26H37NO5/c1-14(2)9-10-25-12-18-23(5,6)17(24(7,8)27-32)13-26(18,22(25)31)21(30)19(20(25)29)16(28)11-15(3)4/h9,15,17-18,30H,10-13H2,1-8H3/t17-,18+,25?,26-/m1/s1. The Bertz CT molecular complexity index is 949. The average molecular weight is 444 g/mol. The molecule has 0 aromatic heterocycles. The van der Waals surface area contributed by atoms with Crippen molar-refractivity contribution in [2.24, 2.45) is 39.2 Å². The molecule has 176 valence electrons. The van der Waals surface area contributed by atoms with Crippen molar-refractivity contribution in [2.45, 2.75) is 86.6 Å². The number of allylic oxidation sites excluding steroid dienone is 4. The van der Waals surface area contributed by atoms with Crippen LogP contribution in [0.1, 0.15) is 81.1 Å². The van der Waals surface area contributed by atoms with E-state index in [4.69, 9.17) is 0 Å². The van der Waals surface area contributed by atoms with E-state index in [1.54, 1.807) is 13.8 Å². The van der Waals surface area contributed by atoms with Crippen molar-refractivity contribution in [2.75, 3.05) is 0 Å². The Kier molecular flexibility index (Phi) is 5.72. The monoisotopic (exact) mass is 443 g/mol. The van der Waals surface area contributed by atoms with Gasteiger partial charge in [0.2, 0.25) is 0 Å². The molecule has 1 unspecified atom stereocenters. The van der Waals surface area contributed by atoms with E-state index in [0.29, 0.717) is 0 Å². The Morgan fingerprint density at radius 2 is 1.81 bits per heavy atom. The molecular weight excluding hydrogens is 406 g/mol. The fraction of sp³-hybridized carbons (Fsp3) is 0.731. The molecule has 1 spiro atoms. The number of nitroso groups, excluding NO2 is 1. The zero-order chi connectivity index (χ0) is 24.4. The van der Waals surface area contributed by atoms with Gasteiger partial charge in [-0.1, -0.05) is 44.5 Å². The highest BCUT2D eigenvalue weighted by atomic mass is 16.3. The number of aliphatic hydroxyl groups is 1. The zero-order valence-corrected chi connectivity index (χ0v) is 20.7. The predicted molar refractivity (Wildman–Crippen MR) is 123 cm³/mol. The van der Waals surface area contributed by atoms with Crippen LogP contribution in [0.5, 0.6) is 0 Å². The number of fused-ring (bicyclic) bond motifs is 1. The molecule has 3 aliphatic carbocycles. The van der Waals surface area contributed by atoms with Crippen LogP contribution in [0.4, 0.5) is 0 Å². The first-order chi connectivity index (χ1) is 14.6. The van der Waals surface area contributed by atoms with Crippen molar-refractivity contribution in [3.63, 3.8) is 0 Å². The third kappa shape index (κ3) is 3.08. The first-order valence-corrected chi connectivity index (χ1v) is 11.6. The molecule has 6 heteroatoms. The normalized spacial score (nSPS) is 33.5. The molecular formula is C26H37NO5. The average Bonchev–Trinajstić information content (AvgIpc) is 3.04. The van der Waals surface area contributed by atoms with Gasteiger partial charge in [0, 0.05) is 6.42 Å².